The van der Waals surface area contributed by atoms with Crippen LogP contribution in [0.1, 0.15) is 15.2 Å². The van der Waals surface area contributed by atoms with Crippen LogP contribution in [0.25, 0.3) is 0 Å². The molecule has 0 saturated heterocycles. The summed E-state index contributed by atoms with van der Waals surface area (Å²) in [6, 6.07) is 9.04. The van der Waals surface area contributed by atoms with Gasteiger partial charge in [0, 0.05) is 5.38 Å². The van der Waals surface area contributed by atoms with Gasteiger partial charge in [-0.05, 0) is 30.3 Å². The number of anilines is 1. The Labute approximate surface area is 107 Å². The van der Waals surface area contributed by atoms with E-state index >= 15 is 0 Å². The summed E-state index contributed by atoms with van der Waals surface area (Å²) in [5, 5.41) is 10.2. The first-order valence-corrected chi connectivity index (χ1v) is 5.87. The van der Waals surface area contributed by atoms with Crippen molar-refractivity contribution in [2.24, 2.45) is 0 Å². The molecule has 0 aliphatic heterocycles. The topological polar surface area (TPSA) is 64.9 Å². The Kier molecular flexibility index (Phi) is 3.55. The predicted octanol–water partition coefficient (Wildman–Crippen LogP) is 2.52. The van der Waals surface area contributed by atoms with Crippen LogP contribution in [0, 0.1) is 17.1 Å². The van der Waals surface area contributed by atoms with Crippen LogP contribution in [0.3, 0.4) is 0 Å². The monoisotopic (exact) mass is 261 g/mol. The molecule has 1 aromatic heterocycles. The molecule has 2 N–H and O–H groups in total. The molecule has 1 aromatic carbocycles. The molecule has 1 amide bonds. The van der Waals surface area contributed by atoms with Crippen molar-refractivity contribution >= 4 is 22.9 Å². The maximum Gasteiger partial charge on any atom is 0.279 e. The zero-order chi connectivity index (χ0) is 13.0. The second-order valence-electron chi connectivity index (χ2n) is 3.40. The summed E-state index contributed by atoms with van der Waals surface area (Å²) < 4.78 is 12.6. The minimum atomic E-state index is -0.344. The first-order valence-electron chi connectivity index (χ1n) is 4.99. The Morgan fingerprint density at radius 1 is 1.33 bits per heavy atom. The van der Waals surface area contributed by atoms with Crippen LogP contribution in [-0.2, 0) is 0 Å². The molecule has 0 spiro atoms. The molecule has 2 aromatic rings. The number of nitrogens with one attached hydrogen (secondary N) is 2. The number of nitrogens with zero attached hydrogens (tertiary/aromatic N) is 1. The van der Waals surface area contributed by atoms with Crippen molar-refractivity contribution in [1.82, 2.24) is 5.43 Å². The van der Waals surface area contributed by atoms with Crippen LogP contribution in [0.4, 0.5) is 10.1 Å². The molecule has 0 atom stereocenters. The van der Waals surface area contributed by atoms with Gasteiger partial charge in [-0.3, -0.25) is 15.6 Å². The van der Waals surface area contributed by atoms with Crippen molar-refractivity contribution in [2.45, 2.75) is 0 Å². The zero-order valence-electron chi connectivity index (χ0n) is 9.11. The highest BCUT2D eigenvalue weighted by Crippen LogP contribution is 2.13. The molecule has 0 fully saturated rings. The number of carbonyl (C=O) groups is 1. The molecule has 0 bridgehead atoms. The summed E-state index contributed by atoms with van der Waals surface area (Å²) in [5.74, 6) is -0.686. The largest absolute Gasteiger partial charge is 0.298 e. The summed E-state index contributed by atoms with van der Waals surface area (Å²) in [6.07, 6.45) is 0. The average Bonchev–Trinajstić information content (AvgIpc) is 2.86. The van der Waals surface area contributed by atoms with Crippen LogP contribution in [0.5, 0.6) is 0 Å². The number of rotatable bonds is 3. The third-order valence-electron chi connectivity index (χ3n) is 2.12. The number of halogens is 1. The summed E-state index contributed by atoms with van der Waals surface area (Å²) in [5.41, 5.74) is 6.14. The van der Waals surface area contributed by atoms with E-state index in [1.165, 1.54) is 41.7 Å². The number of nitriles is 1. The number of carbonyl (C=O) groups excluding carboxylic acids is 1. The van der Waals surface area contributed by atoms with Gasteiger partial charge in [0.1, 0.15) is 11.9 Å². The van der Waals surface area contributed by atoms with Crippen molar-refractivity contribution in [3.05, 3.63) is 52.0 Å². The van der Waals surface area contributed by atoms with Crippen molar-refractivity contribution < 1.29 is 9.18 Å². The van der Waals surface area contributed by atoms with Gasteiger partial charge in [0.05, 0.1) is 16.1 Å². The molecule has 0 radical (unpaired) electrons. The highest BCUT2D eigenvalue weighted by atomic mass is 32.1. The van der Waals surface area contributed by atoms with Crippen LogP contribution in [-0.4, -0.2) is 5.91 Å². The lowest BCUT2D eigenvalue weighted by molar-refractivity contribution is 0.0966. The summed E-state index contributed by atoms with van der Waals surface area (Å²) >= 11 is 1.19. The predicted molar refractivity (Wildman–Crippen MR) is 66.5 cm³/mol. The normalized spacial score (nSPS) is 9.56. The Morgan fingerprint density at radius 3 is 2.67 bits per heavy atom. The van der Waals surface area contributed by atoms with Gasteiger partial charge in [-0.25, -0.2) is 4.39 Å². The quantitative estimate of drug-likeness (QED) is 0.834. The second-order valence-corrected chi connectivity index (χ2v) is 4.31. The van der Waals surface area contributed by atoms with E-state index in [0.29, 0.717) is 16.1 Å². The van der Waals surface area contributed by atoms with Gasteiger partial charge in [-0.1, -0.05) is 0 Å². The number of amides is 1. The molecule has 90 valence electrons. The van der Waals surface area contributed by atoms with Gasteiger partial charge in [0.15, 0.2) is 0 Å². The van der Waals surface area contributed by atoms with Gasteiger partial charge < -0.3 is 0 Å². The summed E-state index contributed by atoms with van der Waals surface area (Å²) in [7, 11) is 0. The molecule has 4 nitrogen and oxygen atoms in total. The van der Waals surface area contributed by atoms with Crippen LogP contribution >= 0.6 is 11.3 Å². The van der Waals surface area contributed by atoms with E-state index in [9.17, 15) is 9.18 Å². The Balaban J connectivity index is 1.96. The number of thiophene rings is 1. The minimum Gasteiger partial charge on any atom is -0.298 e. The molecule has 0 aliphatic rings. The van der Waals surface area contributed by atoms with Crippen molar-refractivity contribution in [3.8, 4) is 6.07 Å². The van der Waals surface area contributed by atoms with E-state index in [4.69, 9.17) is 5.26 Å². The van der Waals surface area contributed by atoms with Gasteiger partial charge in [-0.2, -0.15) is 5.26 Å². The smallest absolute Gasteiger partial charge is 0.279 e. The maximum atomic E-state index is 12.6. The SMILES string of the molecule is N#Cc1csc(C(=O)NNc2ccc(F)cc2)c1. The third-order valence-corrected chi connectivity index (χ3v) is 3.05. The lowest BCUT2D eigenvalue weighted by atomic mass is 10.3. The molecule has 2 rings (SSSR count). The molecule has 0 saturated carbocycles. The third kappa shape index (κ3) is 2.84. The fraction of sp³-hybridized carbons (Fsp3) is 0. The van der Waals surface area contributed by atoms with E-state index in [-0.39, 0.29) is 11.7 Å². The second kappa shape index (κ2) is 5.29. The average molecular weight is 261 g/mol. The van der Waals surface area contributed by atoms with Crippen molar-refractivity contribution in [2.75, 3.05) is 5.43 Å². The highest BCUT2D eigenvalue weighted by Gasteiger charge is 2.08. The van der Waals surface area contributed by atoms with Crippen LogP contribution in [0.15, 0.2) is 35.7 Å². The highest BCUT2D eigenvalue weighted by molar-refractivity contribution is 7.12. The molecule has 1 heterocycles. The van der Waals surface area contributed by atoms with E-state index in [2.05, 4.69) is 10.9 Å². The molecular formula is C12H8FN3OS. The lowest BCUT2D eigenvalue weighted by Crippen LogP contribution is -2.28. The Hall–Kier alpha value is -2.39. The van der Waals surface area contributed by atoms with Crippen LogP contribution < -0.4 is 10.9 Å². The van der Waals surface area contributed by atoms with E-state index in [1.54, 1.807) is 5.38 Å². The number of hydrogen-bond acceptors (Lipinski definition) is 4. The molecule has 0 aliphatic carbocycles. The molecule has 6 heteroatoms. The Morgan fingerprint density at radius 2 is 2.06 bits per heavy atom. The van der Waals surface area contributed by atoms with Crippen LogP contribution in [0.2, 0.25) is 0 Å². The van der Waals surface area contributed by atoms with Gasteiger partial charge in [-0.15, -0.1) is 11.3 Å². The van der Waals surface area contributed by atoms with Crippen molar-refractivity contribution in [3.63, 3.8) is 0 Å². The summed E-state index contributed by atoms with van der Waals surface area (Å²) in [6.45, 7) is 0. The van der Waals surface area contributed by atoms with Gasteiger partial charge >= 0.3 is 0 Å². The van der Waals surface area contributed by atoms with Gasteiger partial charge in [0.25, 0.3) is 5.91 Å². The first kappa shape index (κ1) is 12.1. The number of hydrogen-bond donors (Lipinski definition) is 2. The van der Waals surface area contributed by atoms with E-state index < -0.39 is 0 Å². The van der Waals surface area contributed by atoms with Crippen molar-refractivity contribution in [1.29, 1.82) is 5.26 Å². The lowest BCUT2D eigenvalue weighted by Gasteiger charge is -2.06. The fourth-order valence-corrected chi connectivity index (χ4v) is 1.97. The standard InChI is InChI=1S/C12H8FN3OS/c13-9-1-3-10(4-2-9)15-16-12(17)11-5-8(6-14)7-18-11/h1-5,7,15H,(H,16,17). The first-order chi connectivity index (χ1) is 8.69. The molecule has 0 unspecified atom stereocenters. The van der Waals surface area contributed by atoms with E-state index in [1.807, 2.05) is 6.07 Å². The molecular weight excluding hydrogens is 253 g/mol. The fourth-order valence-electron chi connectivity index (χ4n) is 1.24. The van der Waals surface area contributed by atoms with Gasteiger partial charge in [0.2, 0.25) is 0 Å². The number of benzene rings is 1. The summed E-state index contributed by atoms with van der Waals surface area (Å²) in [4.78, 5) is 12.1. The zero-order valence-corrected chi connectivity index (χ0v) is 9.92. The minimum absolute atomic E-state index is 0.342. The Bertz CT molecular complexity index is 601. The molecule has 18 heavy (non-hydrogen) atoms. The van der Waals surface area contributed by atoms with E-state index in [0.717, 1.165) is 0 Å². The maximum absolute atomic E-state index is 12.6. The number of hydrazine groups is 1.